The van der Waals surface area contributed by atoms with E-state index in [0.29, 0.717) is 16.2 Å². The topological polar surface area (TPSA) is 29.0 Å². The molecule has 0 unspecified atom stereocenters. The molecule has 1 aromatic carbocycles. The van der Waals surface area contributed by atoms with Crippen molar-refractivity contribution in [3.63, 3.8) is 0 Å². The fourth-order valence-electron chi connectivity index (χ4n) is 2.89. The van der Waals surface area contributed by atoms with Gasteiger partial charge in [-0.2, -0.15) is 11.8 Å². The molecule has 0 atom stereocenters. The van der Waals surface area contributed by atoms with Crippen molar-refractivity contribution in [3.05, 3.63) is 28.7 Å². The number of anilines is 1. The van der Waals surface area contributed by atoms with Gasteiger partial charge in [-0.3, -0.25) is 0 Å². The van der Waals surface area contributed by atoms with Gasteiger partial charge in [-0.05, 0) is 52.6 Å². The molecule has 23 heavy (non-hydrogen) atoms. The number of fused-ring (bicyclic) bond motifs is 1. The lowest BCUT2D eigenvalue weighted by Gasteiger charge is -2.33. The average Bonchev–Trinajstić information content (AvgIpc) is 2.56. The second kappa shape index (κ2) is 7.34. The van der Waals surface area contributed by atoms with Gasteiger partial charge < -0.3 is 4.90 Å². The van der Waals surface area contributed by atoms with Crippen LogP contribution in [0.1, 0.15) is 26.7 Å². The Kier molecular flexibility index (Phi) is 5.42. The van der Waals surface area contributed by atoms with Gasteiger partial charge in [0.2, 0.25) is 0 Å². The Bertz CT molecular complexity index is 687. The van der Waals surface area contributed by atoms with Crippen molar-refractivity contribution in [2.24, 2.45) is 5.92 Å². The molecule has 1 aliphatic heterocycles. The lowest BCUT2D eigenvalue weighted by atomic mass is 10.1. The first-order valence-corrected chi connectivity index (χ1v) is 9.85. The van der Waals surface area contributed by atoms with Gasteiger partial charge in [0.15, 0.2) is 0 Å². The first-order chi connectivity index (χ1) is 11.1. The molecule has 2 heterocycles. The lowest BCUT2D eigenvalue weighted by molar-refractivity contribution is 0.583. The van der Waals surface area contributed by atoms with E-state index in [2.05, 4.69) is 56.4 Å². The van der Waals surface area contributed by atoms with E-state index in [9.17, 15) is 4.39 Å². The minimum Gasteiger partial charge on any atom is -0.356 e. The van der Waals surface area contributed by atoms with Crippen molar-refractivity contribution in [2.45, 2.75) is 31.9 Å². The summed E-state index contributed by atoms with van der Waals surface area (Å²) in [7, 11) is 0. The van der Waals surface area contributed by atoms with Gasteiger partial charge in [-0.25, -0.2) is 14.4 Å². The number of piperidine rings is 1. The lowest BCUT2D eigenvalue weighted by Crippen LogP contribution is -2.35. The highest BCUT2D eigenvalue weighted by molar-refractivity contribution is 9.10. The maximum Gasteiger partial charge on any atom is 0.142 e. The average molecular weight is 398 g/mol. The molecule has 2 aromatic rings. The van der Waals surface area contributed by atoms with Crippen LogP contribution in [0.3, 0.4) is 0 Å². The summed E-state index contributed by atoms with van der Waals surface area (Å²) >= 11 is 5.52. The van der Waals surface area contributed by atoms with Crippen LogP contribution in [0, 0.1) is 11.7 Å². The summed E-state index contributed by atoms with van der Waals surface area (Å²) in [4.78, 5) is 10.8. The number of benzene rings is 1. The normalized spacial score (nSPS) is 16.5. The summed E-state index contributed by atoms with van der Waals surface area (Å²) in [6.45, 7) is 6.37. The second-order valence-electron chi connectivity index (χ2n) is 6.36. The molecule has 1 aromatic heterocycles. The number of rotatable bonds is 4. The van der Waals surface area contributed by atoms with Crippen LogP contribution in [0.4, 0.5) is 10.2 Å². The van der Waals surface area contributed by atoms with Crippen molar-refractivity contribution in [3.8, 4) is 0 Å². The summed E-state index contributed by atoms with van der Waals surface area (Å²) in [6.07, 6.45) is 3.78. The van der Waals surface area contributed by atoms with Crippen LogP contribution in [-0.4, -0.2) is 34.1 Å². The van der Waals surface area contributed by atoms with Crippen LogP contribution >= 0.6 is 27.7 Å². The van der Waals surface area contributed by atoms with Gasteiger partial charge in [0, 0.05) is 22.8 Å². The molecule has 0 bridgehead atoms. The zero-order valence-electron chi connectivity index (χ0n) is 13.4. The van der Waals surface area contributed by atoms with E-state index in [4.69, 9.17) is 0 Å². The van der Waals surface area contributed by atoms with Gasteiger partial charge in [-0.15, -0.1) is 0 Å². The smallest absolute Gasteiger partial charge is 0.142 e. The molecular weight excluding hydrogens is 377 g/mol. The Labute approximate surface area is 149 Å². The van der Waals surface area contributed by atoms with E-state index in [0.717, 1.165) is 42.1 Å². The van der Waals surface area contributed by atoms with E-state index in [-0.39, 0.29) is 5.82 Å². The van der Waals surface area contributed by atoms with Gasteiger partial charge in [0.25, 0.3) is 0 Å². The van der Waals surface area contributed by atoms with Crippen molar-refractivity contribution < 1.29 is 4.39 Å². The monoisotopic (exact) mass is 397 g/mol. The van der Waals surface area contributed by atoms with E-state index < -0.39 is 0 Å². The third-order valence-electron chi connectivity index (χ3n) is 4.08. The molecule has 1 saturated heterocycles. The van der Waals surface area contributed by atoms with Crippen LogP contribution in [0.2, 0.25) is 0 Å². The molecule has 124 valence electrons. The maximum atomic E-state index is 14.3. The molecule has 0 radical (unpaired) electrons. The van der Waals surface area contributed by atoms with Gasteiger partial charge >= 0.3 is 0 Å². The molecule has 3 rings (SSSR count). The Morgan fingerprint density at radius 2 is 2.04 bits per heavy atom. The first kappa shape index (κ1) is 17.0. The summed E-state index contributed by atoms with van der Waals surface area (Å²) in [5.74, 6) is 2.41. The minimum absolute atomic E-state index is 0.255. The van der Waals surface area contributed by atoms with Gasteiger partial charge in [0.1, 0.15) is 18.0 Å². The van der Waals surface area contributed by atoms with Crippen LogP contribution in [0.15, 0.2) is 22.9 Å². The van der Waals surface area contributed by atoms with Crippen LogP contribution in [0.5, 0.6) is 0 Å². The number of hydrogen-bond donors (Lipinski definition) is 0. The van der Waals surface area contributed by atoms with E-state index in [1.54, 1.807) is 6.07 Å². The van der Waals surface area contributed by atoms with Crippen LogP contribution in [0.25, 0.3) is 10.9 Å². The predicted molar refractivity (Wildman–Crippen MR) is 99.7 cm³/mol. The van der Waals surface area contributed by atoms with Crippen molar-refractivity contribution >= 4 is 44.4 Å². The van der Waals surface area contributed by atoms with Crippen molar-refractivity contribution in [2.75, 3.05) is 23.7 Å². The Hall–Kier alpha value is -0.880. The van der Waals surface area contributed by atoms with E-state index in [1.165, 1.54) is 18.1 Å². The predicted octanol–water partition coefficient (Wildman–Crippen LogP) is 4.89. The Morgan fingerprint density at radius 3 is 2.74 bits per heavy atom. The minimum atomic E-state index is -0.255. The SMILES string of the molecule is CC(C)CSC1CCN(c2ncnc3c(Br)ccc(F)c23)CC1. The quantitative estimate of drug-likeness (QED) is 0.734. The summed E-state index contributed by atoms with van der Waals surface area (Å²) in [6, 6.07) is 3.17. The van der Waals surface area contributed by atoms with Crippen LogP contribution in [-0.2, 0) is 0 Å². The highest BCUT2D eigenvalue weighted by Crippen LogP contribution is 2.33. The summed E-state index contributed by atoms with van der Waals surface area (Å²) in [5.41, 5.74) is 0.645. The van der Waals surface area contributed by atoms with E-state index in [1.807, 2.05) is 0 Å². The number of thioether (sulfide) groups is 1. The largest absolute Gasteiger partial charge is 0.356 e. The van der Waals surface area contributed by atoms with Crippen LogP contribution < -0.4 is 4.90 Å². The third kappa shape index (κ3) is 3.79. The molecular formula is C17H21BrFN3S. The van der Waals surface area contributed by atoms with Gasteiger partial charge in [0.05, 0.1) is 10.9 Å². The van der Waals surface area contributed by atoms with Crippen molar-refractivity contribution in [1.82, 2.24) is 9.97 Å². The highest BCUT2D eigenvalue weighted by Gasteiger charge is 2.23. The second-order valence-corrected chi connectivity index (χ2v) is 8.55. The summed E-state index contributed by atoms with van der Waals surface area (Å²) in [5, 5.41) is 1.23. The molecule has 0 spiro atoms. The molecule has 3 nitrogen and oxygen atoms in total. The Morgan fingerprint density at radius 1 is 1.30 bits per heavy atom. The molecule has 0 aliphatic carbocycles. The fraction of sp³-hybridized carbons (Fsp3) is 0.529. The summed E-state index contributed by atoms with van der Waals surface area (Å²) < 4.78 is 15.1. The van der Waals surface area contributed by atoms with Gasteiger partial charge in [-0.1, -0.05) is 13.8 Å². The molecule has 6 heteroatoms. The third-order valence-corrected chi connectivity index (χ3v) is 6.52. The first-order valence-electron chi connectivity index (χ1n) is 8.01. The van der Waals surface area contributed by atoms with Crippen molar-refractivity contribution in [1.29, 1.82) is 0 Å². The molecule has 0 saturated carbocycles. The van der Waals surface area contributed by atoms with E-state index >= 15 is 0 Å². The molecule has 1 aliphatic rings. The zero-order chi connectivity index (χ0) is 16.4. The highest BCUT2D eigenvalue weighted by atomic mass is 79.9. The zero-order valence-corrected chi connectivity index (χ0v) is 15.8. The number of hydrogen-bond acceptors (Lipinski definition) is 4. The fourth-order valence-corrected chi connectivity index (χ4v) is 4.52. The number of aromatic nitrogens is 2. The molecule has 0 N–H and O–H groups in total. The molecule has 1 fully saturated rings. The standard InChI is InChI=1S/C17H21BrFN3S/c1-11(2)9-23-12-5-7-22(8-6-12)17-15-14(19)4-3-13(18)16(15)20-10-21-17/h3-4,10-12H,5-9H2,1-2H3. The Balaban J connectivity index is 1.79. The number of halogens is 2. The number of nitrogens with zero attached hydrogens (tertiary/aromatic N) is 3. The maximum absolute atomic E-state index is 14.3. The molecule has 0 amide bonds.